The summed E-state index contributed by atoms with van der Waals surface area (Å²) in [4.78, 5) is 11.3. The van der Waals surface area contributed by atoms with E-state index in [2.05, 4.69) is 9.46 Å². The quantitative estimate of drug-likeness (QED) is 0.782. The smallest absolute Gasteiger partial charge is 0.337 e. The highest BCUT2D eigenvalue weighted by atomic mass is 32.2. The van der Waals surface area contributed by atoms with Gasteiger partial charge in [0.15, 0.2) is 0 Å². The van der Waals surface area contributed by atoms with Gasteiger partial charge in [0.2, 0.25) is 10.0 Å². The van der Waals surface area contributed by atoms with E-state index in [0.29, 0.717) is 11.1 Å². The molecule has 5 nitrogen and oxygen atoms in total. The minimum Gasteiger partial charge on any atom is -0.465 e. The van der Waals surface area contributed by atoms with E-state index < -0.39 is 16.0 Å². The Balaban J connectivity index is 2.70. The second kappa shape index (κ2) is 7.40. The van der Waals surface area contributed by atoms with Crippen LogP contribution in [0.5, 0.6) is 0 Å². The van der Waals surface area contributed by atoms with Gasteiger partial charge in [-0.15, -0.1) is 0 Å². The Labute approximate surface area is 120 Å². The number of methoxy groups -OCH3 is 1. The molecule has 0 heterocycles. The van der Waals surface area contributed by atoms with Gasteiger partial charge in [-0.05, 0) is 31.0 Å². The minimum absolute atomic E-state index is 0.0701. The lowest BCUT2D eigenvalue weighted by molar-refractivity contribution is 0.0600. The average Bonchev–Trinajstić information content (AvgIpc) is 2.37. The van der Waals surface area contributed by atoms with Crippen molar-refractivity contribution < 1.29 is 17.9 Å². The SMILES string of the molecule is CCC[C@H](C)NS(=O)(=O)Cc1ccc(C(=O)OC)cc1. The molecule has 0 aliphatic rings. The highest BCUT2D eigenvalue weighted by Gasteiger charge is 2.15. The van der Waals surface area contributed by atoms with Crippen LogP contribution in [0, 0.1) is 0 Å². The van der Waals surface area contributed by atoms with Gasteiger partial charge >= 0.3 is 5.97 Å². The van der Waals surface area contributed by atoms with Crippen LogP contribution in [0.15, 0.2) is 24.3 Å². The first-order valence-corrected chi connectivity index (χ1v) is 8.20. The lowest BCUT2D eigenvalue weighted by Crippen LogP contribution is -2.33. The molecule has 1 N–H and O–H groups in total. The minimum atomic E-state index is -3.36. The molecule has 0 saturated heterocycles. The summed E-state index contributed by atoms with van der Waals surface area (Å²) >= 11 is 0. The zero-order chi connectivity index (χ0) is 15.2. The fraction of sp³-hybridized carbons (Fsp3) is 0.500. The molecule has 0 fully saturated rings. The summed E-state index contributed by atoms with van der Waals surface area (Å²) in [6.07, 6.45) is 1.73. The van der Waals surface area contributed by atoms with Gasteiger partial charge in [0.05, 0.1) is 18.4 Å². The normalized spacial score (nSPS) is 12.9. The van der Waals surface area contributed by atoms with Crippen LogP contribution in [-0.4, -0.2) is 27.5 Å². The molecular formula is C14H21NO4S. The molecule has 0 unspecified atom stereocenters. The third kappa shape index (κ3) is 5.30. The van der Waals surface area contributed by atoms with Gasteiger partial charge in [0.1, 0.15) is 0 Å². The van der Waals surface area contributed by atoms with Crippen LogP contribution in [0.25, 0.3) is 0 Å². The molecular weight excluding hydrogens is 278 g/mol. The molecule has 0 radical (unpaired) electrons. The summed E-state index contributed by atoms with van der Waals surface area (Å²) < 4.78 is 31.1. The molecule has 0 aliphatic heterocycles. The molecule has 0 aromatic heterocycles. The van der Waals surface area contributed by atoms with Crippen molar-refractivity contribution in [2.75, 3.05) is 7.11 Å². The number of hydrogen-bond acceptors (Lipinski definition) is 4. The highest BCUT2D eigenvalue weighted by molar-refractivity contribution is 7.88. The Kier molecular flexibility index (Phi) is 6.16. The molecule has 1 aromatic rings. The van der Waals surface area contributed by atoms with Crippen LogP contribution in [0.1, 0.15) is 42.6 Å². The maximum Gasteiger partial charge on any atom is 0.337 e. The third-order valence-corrected chi connectivity index (χ3v) is 4.31. The van der Waals surface area contributed by atoms with Gasteiger partial charge in [-0.25, -0.2) is 17.9 Å². The molecule has 1 aromatic carbocycles. The van der Waals surface area contributed by atoms with E-state index in [-0.39, 0.29) is 11.8 Å². The zero-order valence-corrected chi connectivity index (χ0v) is 12.9. The van der Waals surface area contributed by atoms with Crippen LogP contribution in [0.3, 0.4) is 0 Å². The molecule has 0 aliphatic carbocycles. The van der Waals surface area contributed by atoms with Crippen molar-refractivity contribution in [3.8, 4) is 0 Å². The van der Waals surface area contributed by atoms with Gasteiger partial charge in [-0.3, -0.25) is 0 Å². The lowest BCUT2D eigenvalue weighted by atomic mass is 10.1. The van der Waals surface area contributed by atoms with Crippen molar-refractivity contribution in [2.24, 2.45) is 0 Å². The Hall–Kier alpha value is -1.40. The number of sulfonamides is 1. The first-order chi connectivity index (χ1) is 9.38. The molecule has 0 saturated carbocycles. The van der Waals surface area contributed by atoms with Crippen molar-refractivity contribution in [2.45, 2.75) is 38.5 Å². The molecule has 112 valence electrons. The van der Waals surface area contributed by atoms with Crippen LogP contribution >= 0.6 is 0 Å². The van der Waals surface area contributed by atoms with E-state index >= 15 is 0 Å². The van der Waals surface area contributed by atoms with Crippen molar-refractivity contribution >= 4 is 16.0 Å². The van der Waals surface area contributed by atoms with Crippen molar-refractivity contribution in [3.63, 3.8) is 0 Å². The molecule has 0 bridgehead atoms. The van der Waals surface area contributed by atoms with Gasteiger partial charge in [-0.1, -0.05) is 25.5 Å². The second-order valence-electron chi connectivity index (χ2n) is 4.76. The first-order valence-electron chi connectivity index (χ1n) is 6.55. The van der Waals surface area contributed by atoms with Gasteiger partial charge < -0.3 is 4.74 Å². The summed E-state index contributed by atoms with van der Waals surface area (Å²) in [6.45, 7) is 3.86. The Morgan fingerprint density at radius 3 is 2.40 bits per heavy atom. The standard InChI is InChI=1S/C14H21NO4S/c1-4-5-11(2)15-20(17,18)10-12-6-8-13(9-7-12)14(16)19-3/h6-9,11,15H,4-5,10H2,1-3H3/t11-/m0/s1. The van der Waals surface area contributed by atoms with Crippen LogP contribution in [0.4, 0.5) is 0 Å². The topological polar surface area (TPSA) is 72.5 Å². The van der Waals surface area contributed by atoms with E-state index in [4.69, 9.17) is 0 Å². The number of ether oxygens (including phenoxy) is 1. The first kappa shape index (κ1) is 16.7. The highest BCUT2D eigenvalue weighted by Crippen LogP contribution is 2.10. The second-order valence-corrected chi connectivity index (χ2v) is 6.51. The van der Waals surface area contributed by atoms with Crippen LogP contribution < -0.4 is 4.72 Å². The fourth-order valence-corrected chi connectivity index (χ4v) is 3.36. The Morgan fingerprint density at radius 2 is 1.90 bits per heavy atom. The number of carbonyl (C=O) groups excluding carboxylic acids is 1. The van der Waals surface area contributed by atoms with Crippen LogP contribution in [-0.2, 0) is 20.5 Å². The largest absolute Gasteiger partial charge is 0.465 e. The summed E-state index contributed by atoms with van der Waals surface area (Å²) in [7, 11) is -2.06. The molecule has 1 rings (SSSR count). The van der Waals surface area contributed by atoms with E-state index in [9.17, 15) is 13.2 Å². The molecule has 0 spiro atoms. The molecule has 20 heavy (non-hydrogen) atoms. The van der Waals surface area contributed by atoms with Gasteiger partial charge in [-0.2, -0.15) is 0 Å². The Bertz CT molecular complexity index is 537. The van der Waals surface area contributed by atoms with Gasteiger partial charge in [0.25, 0.3) is 0 Å². The van der Waals surface area contributed by atoms with Gasteiger partial charge in [0, 0.05) is 6.04 Å². The molecule has 6 heteroatoms. The molecule has 0 amide bonds. The summed E-state index contributed by atoms with van der Waals surface area (Å²) in [5.41, 5.74) is 1.04. The van der Waals surface area contributed by atoms with Crippen molar-refractivity contribution in [3.05, 3.63) is 35.4 Å². The maximum absolute atomic E-state index is 12.0. The maximum atomic E-state index is 12.0. The number of rotatable bonds is 7. The lowest BCUT2D eigenvalue weighted by Gasteiger charge is -2.13. The number of esters is 1. The van der Waals surface area contributed by atoms with E-state index in [1.165, 1.54) is 7.11 Å². The van der Waals surface area contributed by atoms with E-state index in [0.717, 1.165) is 12.8 Å². The van der Waals surface area contributed by atoms with Crippen LogP contribution in [0.2, 0.25) is 0 Å². The summed E-state index contributed by atoms with van der Waals surface area (Å²) in [5, 5.41) is 0. The number of carbonyl (C=O) groups is 1. The number of benzene rings is 1. The van der Waals surface area contributed by atoms with Crippen molar-refractivity contribution in [1.82, 2.24) is 4.72 Å². The third-order valence-electron chi connectivity index (χ3n) is 2.83. The summed E-state index contributed by atoms with van der Waals surface area (Å²) in [5.74, 6) is -0.531. The zero-order valence-electron chi connectivity index (χ0n) is 12.0. The van der Waals surface area contributed by atoms with Crippen molar-refractivity contribution in [1.29, 1.82) is 0 Å². The fourth-order valence-electron chi connectivity index (χ4n) is 1.91. The number of nitrogens with one attached hydrogen (secondary N) is 1. The Morgan fingerprint density at radius 1 is 1.30 bits per heavy atom. The van der Waals surface area contributed by atoms with E-state index in [1.54, 1.807) is 24.3 Å². The number of hydrogen-bond donors (Lipinski definition) is 1. The predicted octanol–water partition coefficient (Wildman–Crippen LogP) is 2.08. The average molecular weight is 299 g/mol. The molecule has 1 atom stereocenters. The predicted molar refractivity (Wildman–Crippen MR) is 77.9 cm³/mol. The monoisotopic (exact) mass is 299 g/mol. The summed E-state index contributed by atoms with van der Waals surface area (Å²) in [6, 6.07) is 6.30. The van der Waals surface area contributed by atoms with E-state index in [1.807, 2.05) is 13.8 Å².